The summed E-state index contributed by atoms with van der Waals surface area (Å²) in [6.07, 6.45) is -1.62. The first-order valence-electron chi connectivity index (χ1n) is 5.09. The Morgan fingerprint density at radius 1 is 1.12 bits per heavy atom. The van der Waals surface area contributed by atoms with Crippen LogP contribution in [0, 0.1) is 5.92 Å². The highest BCUT2D eigenvalue weighted by Gasteiger charge is 2.26. The summed E-state index contributed by atoms with van der Waals surface area (Å²) in [5.41, 5.74) is -0.861. The number of alkyl halides is 1. The van der Waals surface area contributed by atoms with Crippen molar-refractivity contribution in [1.82, 2.24) is 0 Å². The van der Waals surface area contributed by atoms with Crippen LogP contribution in [-0.2, 0) is 0 Å². The van der Waals surface area contributed by atoms with Crippen molar-refractivity contribution in [3.8, 4) is 0 Å². The van der Waals surface area contributed by atoms with Crippen LogP contribution in [0.25, 0.3) is 0 Å². The van der Waals surface area contributed by atoms with E-state index in [-0.39, 0.29) is 16.7 Å². The Balaban J connectivity index is 3.49. The maximum absolute atomic E-state index is 14.0. The van der Waals surface area contributed by atoms with Crippen LogP contribution in [0.3, 0.4) is 0 Å². The average Bonchev–Trinajstić information content (AvgIpc) is 2.26. The molecule has 0 saturated carbocycles. The smallest absolute Gasteiger partial charge is 0.336 e. The number of benzene rings is 1. The summed E-state index contributed by atoms with van der Waals surface area (Å²) in [7, 11) is 0. The Labute approximate surface area is 97.7 Å². The molecule has 4 nitrogen and oxygen atoms in total. The van der Waals surface area contributed by atoms with E-state index in [1.807, 2.05) is 0 Å². The third kappa shape index (κ3) is 2.61. The zero-order valence-corrected chi connectivity index (χ0v) is 9.48. The van der Waals surface area contributed by atoms with Crippen molar-refractivity contribution in [2.75, 3.05) is 0 Å². The summed E-state index contributed by atoms with van der Waals surface area (Å²) in [5, 5.41) is 17.9. The third-order valence-corrected chi connectivity index (χ3v) is 2.43. The quantitative estimate of drug-likeness (QED) is 0.848. The summed E-state index contributed by atoms with van der Waals surface area (Å²) in [5.74, 6) is -3.15. The predicted octanol–water partition coefficient (Wildman–Crippen LogP) is 2.75. The molecule has 0 saturated heterocycles. The van der Waals surface area contributed by atoms with Gasteiger partial charge in [0.2, 0.25) is 0 Å². The molecule has 1 rings (SSSR count). The molecule has 1 unspecified atom stereocenters. The van der Waals surface area contributed by atoms with Gasteiger partial charge in [-0.2, -0.15) is 0 Å². The average molecular weight is 240 g/mol. The largest absolute Gasteiger partial charge is 0.478 e. The lowest BCUT2D eigenvalue weighted by atomic mass is 9.91. The van der Waals surface area contributed by atoms with Crippen LogP contribution in [0.2, 0.25) is 0 Å². The van der Waals surface area contributed by atoms with E-state index in [1.54, 1.807) is 13.8 Å². The topological polar surface area (TPSA) is 74.6 Å². The fraction of sp³-hybridized carbons (Fsp3) is 0.333. The molecule has 2 N–H and O–H groups in total. The highest BCUT2D eigenvalue weighted by molar-refractivity contribution is 5.96. The van der Waals surface area contributed by atoms with Crippen molar-refractivity contribution >= 4 is 11.9 Å². The molecule has 0 spiro atoms. The second-order valence-corrected chi connectivity index (χ2v) is 4.02. The summed E-state index contributed by atoms with van der Waals surface area (Å²) >= 11 is 0. The number of carboxylic acid groups (broad SMARTS) is 2. The number of aromatic carboxylic acids is 2. The van der Waals surface area contributed by atoms with Crippen molar-refractivity contribution in [2.45, 2.75) is 20.0 Å². The Hall–Kier alpha value is -1.91. The molecule has 0 aliphatic heterocycles. The molecule has 5 heteroatoms. The molecule has 0 fully saturated rings. The van der Waals surface area contributed by atoms with Gasteiger partial charge in [-0.1, -0.05) is 19.9 Å². The SMILES string of the molecule is CC(C)C(F)c1c(C(=O)O)cccc1C(=O)O. The van der Waals surface area contributed by atoms with Crippen molar-refractivity contribution in [1.29, 1.82) is 0 Å². The number of hydrogen-bond donors (Lipinski definition) is 2. The molecule has 1 atom stereocenters. The van der Waals surface area contributed by atoms with Crippen molar-refractivity contribution < 1.29 is 24.2 Å². The number of carbonyl (C=O) groups is 2. The second-order valence-electron chi connectivity index (χ2n) is 4.02. The summed E-state index contributed by atoms with van der Waals surface area (Å²) in [4.78, 5) is 21.9. The Morgan fingerprint density at radius 3 is 1.82 bits per heavy atom. The first kappa shape index (κ1) is 13.2. The molecule has 0 heterocycles. The lowest BCUT2D eigenvalue weighted by Gasteiger charge is -2.17. The number of rotatable bonds is 4. The van der Waals surface area contributed by atoms with Crippen LogP contribution < -0.4 is 0 Å². The van der Waals surface area contributed by atoms with E-state index in [2.05, 4.69) is 0 Å². The Bertz CT molecular complexity index is 422. The number of carboxylic acids is 2. The predicted molar refractivity (Wildman–Crippen MR) is 59.0 cm³/mol. The number of hydrogen-bond acceptors (Lipinski definition) is 2. The molecule has 0 radical (unpaired) electrons. The standard InChI is InChI=1S/C12H13FO4/c1-6(2)10(13)9-7(11(14)15)4-3-5-8(9)12(16)17/h3-6,10H,1-2H3,(H,14,15)(H,16,17). The van der Waals surface area contributed by atoms with Gasteiger partial charge >= 0.3 is 11.9 Å². The molecule has 92 valence electrons. The highest BCUT2D eigenvalue weighted by Crippen LogP contribution is 2.31. The van der Waals surface area contributed by atoms with Crippen molar-refractivity contribution in [2.24, 2.45) is 5.92 Å². The van der Waals surface area contributed by atoms with Gasteiger partial charge < -0.3 is 10.2 Å². The van der Waals surface area contributed by atoms with Gasteiger partial charge in [-0.3, -0.25) is 0 Å². The van der Waals surface area contributed by atoms with Gasteiger partial charge in [0.05, 0.1) is 11.1 Å². The minimum absolute atomic E-state index is 0.262. The van der Waals surface area contributed by atoms with Crippen LogP contribution in [0.15, 0.2) is 18.2 Å². The Kier molecular flexibility index (Phi) is 3.83. The molecular formula is C12H13FO4. The van der Waals surface area contributed by atoms with Gasteiger partial charge in [0.15, 0.2) is 0 Å². The maximum atomic E-state index is 14.0. The monoisotopic (exact) mass is 240 g/mol. The lowest BCUT2D eigenvalue weighted by Crippen LogP contribution is -2.14. The van der Waals surface area contributed by atoms with Crippen molar-refractivity contribution in [3.63, 3.8) is 0 Å². The summed E-state index contributed by atoms with van der Waals surface area (Å²) in [6, 6.07) is 3.71. The molecule has 0 amide bonds. The first-order chi connectivity index (χ1) is 7.86. The maximum Gasteiger partial charge on any atom is 0.336 e. The van der Waals surface area contributed by atoms with Crippen molar-refractivity contribution in [3.05, 3.63) is 34.9 Å². The minimum atomic E-state index is -1.62. The van der Waals surface area contributed by atoms with Crippen LogP contribution in [0.1, 0.15) is 46.3 Å². The van der Waals surface area contributed by atoms with Crippen LogP contribution in [-0.4, -0.2) is 22.2 Å². The molecule has 0 aromatic heterocycles. The van der Waals surface area contributed by atoms with Gasteiger partial charge in [-0.05, 0) is 18.1 Å². The molecular weight excluding hydrogens is 227 g/mol. The third-order valence-electron chi connectivity index (χ3n) is 2.43. The fourth-order valence-corrected chi connectivity index (χ4v) is 1.57. The van der Waals surface area contributed by atoms with Crippen LogP contribution in [0.5, 0.6) is 0 Å². The molecule has 0 aliphatic carbocycles. The van der Waals surface area contributed by atoms with Gasteiger partial charge in [-0.25, -0.2) is 14.0 Å². The van der Waals surface area contributed by atoms with Crippen LogP contribution >= 0.6 is 0 Å². The summed E-state index contributed by atoms with van der Waals surface area (Å²) in [6.45, 7) is 3.13. The Morgan fingerprint density at radius 2 is 1.53 bits per heavy atom. The van der Waals surface area contributed by atoms with Gasteiger partial charge in [-0.15, -0.1) is 0 Å². The van der Waals surface area contributed by atoms with Gasteiger partial charge in [0, 0.05) is 5.56 Å². The molecule has 1 aromatic rings. The van der Waals surface area contributed by atoms with E-state index in [1.165, 1.54) is 18.2 Å². The van der Waals surface area contributed by atoms with E-state index < -0.39 is 24.0 Å². The zero-order chi connectivity index (χ0) is 13.2. The van der Waals surface area contributed by atoms with E-state index in [0.717, 1.165) is 0 Å². The number of halogens is 1. The van der Waals surface area contributed by atoms with Crippen LogP contribution in [0.4, 0.5) is 4.39 Å². The molecule has 0 aliphatic rings. The van der Waals surface area contributed by atoms with Gasteiger partial charge in [0.1, 0.15) is 6.17 Å². The van der Waals surface area contributed by atoms with E-state index in [9.17, 15) is 14.0 Å². The fourth-order valence-electron chi connectivity index (χ4n) is 1.57. The lowest BCUT2D eigenvalue weighted by molar-refractivity contribution is 0.0688. The molecule has 1 aromatic carbocycles. The summed E-state index contributed by atoms with van der Waals surface area (Å²) < 4.78 is 14.0. The normalized spacial score (nSPS) is 12.5. The molecule has 0 bridgehead atoms. The first-order valence-corrected chi connectivity index (χ1v) is 5.09. The molecule has 17 heavy (non-hydrogen) atoms. The van der Waals surface area contributed by atoms with E-state index >= 15 is 0 Å². The second kappa shape index (κ2) is 4.95. The zero-order valence-electron chi connectivity index (χ0n) is 9.48. The minimum Gasteiger partial charge on any atom is -0.478 e. The van der Waals surface area contributed by atoms with Gasteiger partial charge in [0.25, 0.3) is 0 Å². The van der Waals surface area contributed by atoms with E-state index in [4.69, 9.17) is 10.2 Å². The van der Waals surface area contributed by atoms with E-state index in [0.29, 0.717) is 0 Å². The highest BCUT2D eigenvalue weighted by atomic mass is 19.1.